The number of nitrogens with one attached hydrogen (secondary N) is 2. The molecule has 2 aromatic heterocycles. The molecular weight excluding hydrogens is 378 g/mol. The van der Waals surface area contributed by atoms with Gasteiger partial charge in [0.2, 0.25) is 5.91 Å². The third-order valence-corrected chi connectivity index (χ3v) is 5.74. The van der Waals surface area contributed by atoms with Crippen molar-refractivity contribution in [1.82, 2.24) is 15.3 Å². The smallest absolute Gasteiger partial charge is 0.259 e. The van der Waals surface area contributed by atoms with Gasteiger partial charge in [-0.05, 0) is 37.6 Å². The molecule has 0 radical (unpaired) electrons. The summed E-state index contributed by atoms with van der Waals surface area (Å²) >= 11 is 1.50. The minimum absolute atomic E-state index is 0.133. The number of carbonyl (C=O) groups is 1. The van der Waals surface area contributed by atoms with Crippen molar-refractivity contribution >= 4 is 27.5 Å². The van der Waals surface area contributed by atoms with Gasteiger partial charge in [-0.3, -0.25) is 9.59 Å². The molecule has 0 saturated carbocycles. The van der Waals surface area contributed by atoms with E-state index in [0.29, 0.717) is 35.7 Å². The number of methoxy groups -OCH3 is 2. The summed E-state index contributed by atoms with van der Waals surface area (Å²) in [5, 5.41) is 3.51. The number of benzene rings is 1. The molecule has 0 bridgehead atoms. The van der Waals surface area contributed by atoms with Gasteiger partial charge < -0.3 is 19.8 Å². The standard InChI is InChI=1S/C20H23N3O4S/c1-11-12(2)28-20-18(11)19(25)22-16(23-20)7-8-17(24)21-10-13-9-14(26-3)5-6-15(13)27-4/h5-6,9H,7-8,10H2,1-4H3,(H,21,24)(H,22,23,25). The molecule has 8 heteroatoms. The number of hydrogen-bond donors (Lipinski definition) is 2. The van der Waals surface area contributed by atoms with Crippen molar-refractivity contribution in [3.63, 3.8) is 0 Å². The summed E-state index contributed by atoms with van der Waals surface area (Å²) in [5.74, 6) is 1.77. The van der Waals surface area contributed by atoms with E-state index < -0.39 is 0 Å². The number of thiophene rings is 1. The number of aryl methyl sites for hydroxylation is 3. The number of ether oxygens (including phenoxy) is 2. The number of fused-ring (bicyclic) bond motifs is 1. The van der Waals surface area contributed by atoms with Gasteiger partial charge in [0, 0.05) is 29.8 Å². The van der Waals surface area contributed by atoms with Crippen LogP contribution in [0, 0.1) is 13.8 Å². The van der Waals surface area contributed by atoms with Crippen LogP contribution in [-0.4, -0.2) is 30.1 Å². The third-order valence-electron chi connectivity index (χ3n) is 4.64. The summed E-state index contributed by atoms with van der Waals surface area (Å²) in [4.78, 5) is 33.6. The molecule has 148 valence electrons. The predicted octanol–water partition coefficient (Wildman–Crippen LogP) is 2.87. The molecule has 0 spiro atoms. The second-order valence-electron chi connectivity index (χ2n) is 6.43. The molecule has 7 nitrogen and oxygen atoms in total. The molecule has 0 aliphatic heterocycles. The van der Waals surface area contributed by atoms with Crippen LogP contribution in [0.3, 0.4) is 0 Å². The second-order valence-corrected chi connectivity index (χ2v) is 7.63. The molecular formula is C20H23N3O4S. The molecule has 3 rings (SSSR count). The molecule has 0 aliphatic carbocycles. The van der Waals surface area contributed by atoms with Crippen molar-refractivity contribution in [2.45, 2.75) is 33.2 Å². The molecule has 0 fully saturated rings. The largest absolute Gasteiger partial charge is 0.497 e. The number of rotatable bonds is 7. The fourth-order valence-corrected chi connectivity index (χ4v) is 4.00. The molecule has 2 heterocycles. The maximum atomic E-state index is 12.3. The number of carbonyl (C=O) groups excluding carboxylic acids is 1. The van der Waals surface area contributed by atoms with Gasteiger partial charge in [0.25, 0.3) is 5.56 Å². The molecule has 1 aromatic carbocycles. The number of aromatic amines is 1. The molecule has 0 unspecified atom stereocenters. The number of H-pyrrole nitrogens is 1. The Labute approximate surface area is 166 Å². The van der Waals surface area contributed by atoms with Crippen molar-refractivity contribution in [1.29, 1.82) is 0 Å². The molecule has 0 atom stereocenters. The normalized spacial score (nSPS) is 10.9. The van der Waals surface area contributed by atoms with Crippen molar-refractivity contribution in [2.75, 3.05) is 14.2 Å². The molecule has 1 amide bonds. The maximum Gasteiger partial charge on any atom is 0.259 e. The third kappa shape index (κ3) is 4.17. The van der Waals surface area contributed by atoms with Crippen LogP contribution in [0.1, 0.15) is 28.2 Å². The molecule has 0 saturated heterocycles. The molecule has 0 aliphatic rings. The van der Waals surface area contributed by atoms with E-state index in [0.717, 1.165) is 20.8 Å². The Morgan fingerprint density at radius 1 is 1.25 bits per heavy atom. The first-order valence-electron chi connectivity index (χ1n) is 8.89. The van der Waals surface area contributed by atoms with Crippen molar-refractivity contribution in [3.05, 3.63) is 50.4 Å². The summed E-state index contributed by atoms with van der Waals surface area (Å²) in [6.07, 6.45) is 0.590. The topological polar surface area (TPSA) is 93.3 Å². The first-order valence-corrected chi connectivity index (χ1v) is 9.71. The monoisotopic (exact) mass is 401 g/mol. The summed E-state index contributed by atoms with van der Waals surface area (Å²) in [5.41, 5.74) is 1.64. The highest BCUT2D eigenvalue weighted by Crippen LogP contribution is 2.26. The highest BCUT2D eigenvalue weighted by Gasteiger charge is 2.13. The first-order chi connectivity index (χ1) is 13.4. The van der Waals surface area contributed by atoms with Crippen molar-refractivity contribution in [3.8, 4) is 11.5 Å². The van der Waals surface area contributed by atoms with Gasteiger partial charge in [0.05, 0.1) is 19.6 Å². The Morgan fingerprint density at radius 3 is 2.75 bits per heavy atom. The van der Waals surface area contributed by atoms with E-state index >= 15 is 0 Å². The first kappa shape index (κ1) is 19.9. The molecule has 2 N–H and O–H groups in total. The zero-order chi connectivity index (χ0) is 20.3. The number of amides is 1. The lowest BCUT2D eigenvalue weighted by Crippen LogP contribution is -2.24. The number of nitrogens with zero attached hydrogens (tertiary/aromatic N) is 1. The van der Waals surface area contributed by atoms with Gasteiger partial charge >= 0.3 is 0 Å². The Morgan fingerprint density at radius 2 is 2.04 bits per heavy atom. The Bertz CT molecular complexity index is 1070. The van der Waals surface area contributed by atoms with E-state index in [9.17, 15) is 9.59 Å². The quantitative estimate of drug-likeness (QED) is 0.635. The van der Waals surface area contributed by atoms with Crippen LogP contribution in [-0.2, 0) is 17.8 Å². The zero-order valence-corrected chi connectivity index (χ0v) is 17.2. The van der Waals surface area contributed by atoms with Gasteiger partial charge in [-0.25, -0.2) is 4.98 Å². The molecule has 28 heavy (non-hydrogen) atoms. The van der Waals surface area contributed by atoms with Gasteiger partial charge in [0.1, 0.15) is 22.2 Å². The van der Waals surface area contributed by atoms with Gasteiger partial charge in [-0.1, -0.05) is 0 Å². The van der Waals surface area contributed by atoms with Crippen LogP contribution in [0.4, 0.5) is 0 Å². The van der Waals surface area contributed by atoms with E-state index in [-0.39, 0.29) is 17.9 Å². The van der Waals surface area contributed by atoms with E-state index in [2.05, 4.69) is 15.3 Å². The fraction of sp³-hybridized carbons (Fsp3) is 0.350. The predicted molar refractivity (Wildman–Crippen MR) is 109 cm³/mol. The van der Waals surface area contributed by atoms with Crippen LogP contribution < -0.4 is 20.3 Å². The lowest BCUT2D eigenvalue weighted by molar-refractivity contribution is -0.121. The van der Waals surface area contributed by atoms with E-state index in [1.54, 1.807) is 26.4 Å². The number of aromatic nitrogens is 2. The van der Waals surface area contributed by atoms with Crippen LogP contribution in [0.15, 0.2) is 23.0 Å². The van der Waals surface area contributed by atoms with E-state index in [1.807, 2.05) is 19.9 Å². The van der Waals surface area contributed by atoms with Gasteiger partial charge in [-0.15, -0.1) is 11.3 Å². The van der Waals surface area contributed by atoms with Crippen LogP contribution in [0.25, 0.3) is 10.2 Å². The lowest BCUT2D eigenvalue weighted by Gasteiger charge is -2.11. The van der Waals surface area contributed by atoms with E-state index in [4.69, 9.17) is 9.47 Å². The average Bonchev–Trinajstić information content (AvgIpc) is 2.98. The summed E-state index contributed by atoms with van der Waals surface area (Å²) in [7, 11) is 3.17. The second kappa shape index (κ2) is 8.43. The van der Waals surface area contributed by atoms with Crippen molar-refractivity contribution < 1.29 is 14.3 Å². The Balaban J connectivity index is 1.64. The SMILES string of the molecule is COc1ccc(OC)c(CNC(=O)CCc2nc3sc(C)c(C)c3c(=O)[nH]2)c1. The van der Waals surface area contributed by atoms with Gasteiger partial charge in [-0.2, -0.15) is 0 Å². The summed E-state index contributed by atoms with van der Waals surface area (Å²) in [6.45, 7) is 4.22. The van der Waals surface area contributed by atoms with Crippen LogP contribution in [0.5, 0.6) is 11.5 Å². The highest BCUT2D eigenvalue weighted by molar-refractivity contribution is 7.18. The Hall–Kier alpha value is -2.87. The summed E-state index contributed by atoms with van der Waals surface area (Å²) < 4.78 is 10.5. The van der Waals surface area contributed by atoms with Gasteiger partial charge in [0.15, 0.2) is 0 Å². The molecule has 3 aromatic rings. The Kier molecular flexibility index (Phi) is 5.99. The number of hydrogen-bond acceptors (Lipinski definition) is 6. The average molecular weight is 401 g/mol. The highest BCUT2D eigenvalue weighted by atomic mass is 32.1. The van der Waals surface area contributed by atoms with Crippen molar-refractivity contribution in [2.24, 2.45) is 0 Å². The minimum atomic E-state index is -0.150. The zero-order valence-electron chi connectivity index (χ0n) is 16.3. The van der Waals surface area contributed by atoms with Crippen LogP contribution in [0.2, 0.25) is 0 Å². The fourth-order valence-electron chi connectivity index (χ4n) is 2.95. The maximum absolute atomic E-state index is 12.3. The minimum Gasteiger partial charge on any atom is -0.497 e. The summed E-state index contributed by atoms with van der Waals surface area (Å²) in [6, 6.07) is 5.43. The van der Waals surface area contributed by atoms with Crippen LogP contribution >= 0.6 is 11.3 Å². The lowest BCUT2D eigenvalue weighted by atomic mass is 10.1. The van der Waals surface area contributed by atoms with E-state index in [1.165, 1.54) is 11.3 Å².